The van der Waals surface area contributed by atoms with E-state index in [4.69, 9.17) is 4.74 Å². The Balaban J connectivity index is 1.20. The third-order valence-electron chi connectivity index (χ3n) is 10.7. The largest absolute Gasteiger partial charge is 0.479 e. The number of carbonyl (C=O) groups excluding carboxylic acids is 4. The minimum Gasteiger partial charge on any atom is -0.479 e. The quantitative estimate of drug-likeness (QED) is 0.272. The number of ketones is 1. The minimum atomic E-state index is -4.59. The van der Waals surface area contributed by atoms with Crippen LogP contribution in [-0.2, 0) is 38.3 Å². The van der Waals surface area contributed by atoms with Gasteiger partial charge in [-0.15, -0.1) is 0 Å². The molecule has 15 heteroatoms. The van der Waals surface area contributed by atoms with E-state index in [1.54, 1.807) is 17.0 Å². The van der Waals surface area contributed by atoms with Crippen molar-refractivity contribution in [2.75, 3.05) is 19.6 Å². The Labute approximate surface area is 288 Å². The van der Waals surface area contributed by atoms with Crippen LogP contribution in [0.3, 0.4) is 0 Å². The molecule has 272 valence electrons. The van der Waals surface area contributed by atoms with Gasteiger partial charge in [-0.05, 0) is 55.7 Å². The average Bonchev–Trinajstić information content (AvgIpc) is 3.42. The maximum atomic E-state index is 13.8. The van der Waals surface area contributed by atoms with Gasteiger partial charge in [-0.1, -0.05) is 50.0 Å². The number of urea groups is 1. The van der Waals surface area contributed by atoms with Crippen LogP contribution >= 0.6 is 0 Å². The highest BCUT2D eigenvalue weighted by Crippen LogP contribution is 2.41. The van der Waals surface area contributed by atoms with Gasteiger partial charge in [-0.25, -0.2) is 14.4 Å². The van der Waals surface area contributed by atoms with Crippen molar-refractivity contribution in [3.63, 3.8) is 0 Å². The summed E-state index contributed by atoms with van der Waals surface area (Å²) in [5.41, 5.74) is -2.37. The first-order valence-electron chi connectivity index (χ1n) is 17.6. The van der Waals surface area contributed by atoms with Crippen LogP contribution in [0.5, 0.6) is 0 Å². The number of benzene rings is 1. The van der Waals surface area contributed by atoms with Gasteiger partial charge in [0.1, 0.15) is 6.10 Å². The number of rotatable bonds is 4. The minimum absolute atomic E-state index is 0.0168. The number of ether oxygens (including phenoxy) is 1. The molecule has 2 saturated carbocycles. The Kier molecular flexibility index (Phi) is 10.4. The molecular weight excluding hydrogens is 659 g/mol. The Bertz CT molecular complexity index is 1530. The molecule has 0 spiro atoms. The summed E-state index contributed by atoms with van der Waals surface area (Å²) in [7, 11) is 0. The number of alkyl halides is 3. The fourth-order valence-corrected chi connectivity index (χ4v) is 7.94. The molecule has 0 aromatic heterocycles. The molecule has 1 aromatic carbocycles. The first-order valence-corrected chi connectivity index (χ1v) is 17.6. The van der Waals surface area contributed by atoms with Crippen LogP contribution < -0.4 is 16.0 Å². The van der Waals surface area contributed by atoms with Gasteiger partial charge in [0, 0.05) is 44.7 Å². The summed E-state index contributed by atoms with van der Waals surface area (Å²) < 4.78 is 47.1. The molecule has 3 aliphatic heterocycles. The number of allylic oxidation sites excluding steroid dienone is 1. The molecule has 6 rings (SSSR count). The van der Waals surface area contributed by atoms with Crippen LogP contribution in [0.4, 0.5) is 22.8 Å². The van der Waals surface area contributed by atoms with E-state index < -0.39 is 65.1 Å². The highest BCUT2D eigenvalue weighted by Gasteiger charge is 2.71. The molecule has 4 N–H and O–H groups in total. The second-order valence-corrected chi connectivity index (χ2v) is 14.1. The van der Waals surface area contributed by atoms with E-state index in [2.05, 4.69) is 16.0 Å². The molecule has 5 atom stereocenters. The van der Waals surface area contributed by atoms with E-state index >= 15 is 0 Å². The zero-order valence-electron chi connectivity index (χ0n) is 27.8. The van der Waals surface area contributed by atoms with Gasteiger partial charge in [-0.3, -0.25) is 14.5 Å². The molecule has 3 fully saturated rings. The number of halogens is 3. The second kappa shape index (κ2) is 14.6. The SMILES string of the molecule is O=C(NC1CCCC1)N[C@H]1CCCCC/C=C\[C@@H]2C(=O)[C@]2(C(=O)O)NC(=O)[C@@H]2C[C@@H](OC(=O)N3CCc4cccc(C(F)(F)F)c4C3)CN2C1. The zero-order valence-corrected chi connectivity index (χ0v) is 27.8. The summed E-state index contributed by atoms with van der Waals surface area (Å²) in [4.78, 5) is 68.4. The van der Waals surface area contributed by atoms with Crippen molar-refractivity contribution in [2.24, 2.45) is 5.92 Å². The molecule has 3 heterocycles. The number of carboxylic acid groups (broad SMARTS) is 1. The van der Waals surface area contributed by atoms with Crippen LogP contribution in [0, 0.1) is 5.92 Å². The lowest BCUT2D eigenvalue weighted by Gasteiger charge is -2.31. The molecular formula is C35H44F3N5O7. The number of hydrogen-bond acceptors (Lipinski definition) is 7. The van der Waals surface area contributed by atoms with Crippen molar-refractivity contribution in [1.29, 1.82) is 0 Å². The molecule has 0 radical (unpaired) electrons. The Morgan fingerprint density at radius 1 is 0.980 bits per heavy atom. The maximum absolute atomic E-state index is 13.8. The molecule has 2 aliphatic carbocycles. The smallest absolute Gasteiger partial charge is 0.416 e. The zero-order chi connectivity index (χ0) is 35.6. The van der Waals surface area contributed by atoms with Crippen molar-refractivity contribution in [2.45, 2.75) is 113 Å². The predicted octanol–water partition coefficient (Wildman–Crippen LogP) is 3.91. The van der Waals surface area contributed by atoms with Gasteiger partial charge in [0.2, 0.25) is 11.4 Å². The summed E-state index contributed by atoms with van der Waals surface area (Å²) in [6.07, 6.45) is 4.70. The van der Waals surface area contributed by atoms with Gasteiger partial charge in [0.15, 0.2) is 5.78 Å². The predicted molar refractivity (Wildman–Crippen MR) is 173 cm³/mol. The van der Waals surface area contributed by atoms with E-state index in [9.17, 15) is 42.3 Å². The standard InChI is InChI=1S/C35H44F3N5O7/c36-35(37,38)26-14-8-9-21-15-16-42(20-25(21)26)33(49)50-24-17-28-30(45)41-34(31(46)47)27(29(34)44)13-5-3-1-2-4-12-23(18-43(28)19-24)40-32(48)39-22-10-6-7-11-22/h5,8-9,13-14,22-24,27-28H,1-4,6-7,10-12,15-20H2,(H,41,45)(H,46,47)(H2,39,40,48)/b13-5-/t23-,24+,27+,28-,34+/m0/s1. The van der Waals surface area contributed by atoms with Crippen molar-refractivity contribution in [3.8, 4) is 0 Å². The fraction of sp³-hybridized carbons (Fsp3) is 0.629. The molecule has 1 saturated heterocycles. The Morgan fingerprint density at radius 2 is 1.70 bits per heavy atom. The molecule has 1 aromatic rings. The monoisotopic (exact) mass is 703 g/mol. The van der Waals surface area contributed by atoms with Gasteiger partial charge in [0.05, 0.1) is 17.5 Å². The third kappa shape index (κ3) is 7.62. The number of Topliss-reactive ketones (excluding diaryl/α,β-unsaturated/α-hetero) is 1. The third-order valence-corrected chi connectivity index (χ3v) is 10.7. The number of amides is 4. The highest BCUT2D eigenvalue weighted by molar-refractivity contribution is 6.27. The second-order valence-electron chi connectivity index (χ2n) is 14.1. The maximum Gasteiger partial charge on any atom is 0.416 e. The van der Waals surface area contributed by atoms with Gasteiger partial charge in [-0.2, -0.15) is 13.2 Å². The van der Waals surface area contributed by atoms with E-state index in [0.29, 0.717) is 18.4 Å². The summed E-state index contributed by atoms with van der Waals surface area (Å²) in [5, 5.41) is 18.6. The first-order chi connectivity index (χ1) is 23.9. The molecule has 0 unspecified atom stereocenters. The van der Waals surface area contributed by atoms with Crippen molar-refractivity contribution < 1.29 is 47.0 Å². The number of aliphatic carboxylic acids is 1. The summed E-state index contributed by atoms with van der Waals surface area (Å²) in [5.74, 6) is -3.81. The van der Waals surface area contributed by atoms with Gasteiger partial charge < -0.3 is 30.7 Å². The van der Waals surface area contributed by atoms with E-state index in [1.807, 2.05) is 0 Å². The number of carbonyl (C=O) groups is 5. The lowest BCUT2D eigenvalue weighted by atomic mass is 9.95. The van der Waals surface area contributed by atoms with Crippen LogP contribution in [0.25, 0.3) is 0 Å². The van der Waals surface area contributed by atoms with Crippen LogP contribution in [0.2, 0.25) is 0 Å². The number of nitrogens with one attached hydrogen (secondary N) is 3. The molecule has 5 aliphatic rings. The number of nitrogens with zero attached hydrogens (tertiary/aromatic N) is 2. The highest BCUT2D eigenvalue weighted by atomic mass is 19.4. The van der Waals surface area contributed by atoms with Gasteiger partial charge >= 0.3 is 24.3 Å². The van der Waals surface area contributed by atoms with Crippen molar-refractivity contribution >= 4 is 29.8 Å². The summed E-state index contributed by atoms with van der Waals surface area (Å²) >= 11 is 0. The Hall–Kier alpha value is -4.14. The molecule has 50 heavy (non-hydrogen) atoms. The van der Waals surface area contributed by atoms with Crippen LogP contribution in [0.1, 0.15) is 80.9 Å². The lowest BCUT2D eigenvalue weighted by molar-refractivity contribution is -0.145. The number of fused-ring (bicyclic) bond motifs is 3. The number of hydrogen-bond donors (Lipinski definition) is 4. The van der Waals surface area contributed by atoms with E-state index in [0.717, 1.165) is 51.0 Å². The average molecular weight is 704 g/mol. The molecule has 4 amide bonds. The summed E-state index contributed by atoms with van der Waals surface area (Å²) in [6.45, 7) is 0.103. The van der Waals surface area contributed by atoms with Crippen LogP contribution in [-0.4, -0.2) is 94.1 Å². The van der Waals surface area contributed by atoms with Crippen molar-refractivity contribution in [3.05, 3.63) is 47.0 Å². The molecule has 0 bridgehead atoms. The molecule has 12 nitrogen and oxygen atoms in total. The van der Waals surface area contributed by atoms with Crippen molar-refractivity contribution in [1.82, 2.24) is 25.8 Å². The van der Waals surface area contributed by atoms with Crippen LogP contribution in [0.15, 0.2) is 30.4 Å². The normalized spacial score (nSPS) is 30.1. The number of carboxylic acids is 1. The Morgan fingerprint density at radius 3 is 2.44 bits per heavy atom. The fourth-order valence-electron chi connectivity index (χ4n) is 7.94. The first kappa shape index (κ1) is 35.7. The van der Waals surface area contributed by atoms with Gasteiger partial charge in [0.25, 0.3) is 0 Å². The lowest BCUT2D eigenvalue weighted by Crippen LogP contribution is -2.55. The topological polar surface area (TPSA) is 157 Å². The summed E-state index contributed by atoms with van der Waals surface area (Å²) in [6, 6.07) is 2.32. The van der Waals surface area contributed by atoms with E-state index in [1.165, 1.54) is 17.0 Å². The van der Waals surface area contributed by atoms with E-state index in [-0.39, 0.29) is 56.7 Å².